The number of aryl methyl sites for hydroxylation is 1. The Balaban J connectivity index is 2.55. The number of carboxylic acids is 1. The summed E-state index contributed by atoms with van der Waals surface area (Å²) in [6, 6.07) is 5.68. The molecule has 0 aliphatic carbocycles. The number of nitrogens with one attached hydrogen (secondary N) is 1. The molecule has 7 nitrogen and oxygen atoms in total. The van der Waals surface area contributed by atoms with E-state index in [0.717, 1.165) is 18.2 Å². The minimum atomic E-state index is -4.13. The van der Waals surface area contributed by atoms with Crippen LogP contribution in [0.15, 0.2) is 35.2 Å². The second-order valence-electron chi connectivity index (χ2n) is 5.08. The van der Waals surface area contributed by atoms with E-state index in [0.29, 0.717) is 5.56 Å². The Bertz CT molecular complexity index is 926. The minimum Gasteiger partial charge on any atom is -0.493 e. The van der Waals surface area contributed by atoms with Gasteiger partial charge < -0.3 is 14.6 Å². The number of anilines is 1. The Morgan fingerprint density at radius 3 is 2.36 bits per heavy atom. The van der Waals surface area contributed by atoms with Crippen molar-refractivity contribution in [2.24, 2.45) is 0 Å². The van der Waals surface area contributed by atoms with Gasteiger partial charge in [0.1, 0.15) is 11.4 Å². The SMILES string of the molecule is COc1cc(S(=O)(=O)Nc2ccc(F)cc2C)cc(C(=O)O)c1OC. The van der Waals surface area contributed by atoms with Gasteiger partial charge in [0.25, 0.3) is 10.0 Å². The van der Waals surface area contributed by atoms with Crippen LogP contribution >= 0.6 is 0 Å². The monoisotopic (exact) mass is 369 g/mol. The number of aromatic carboxylic acids is 1. The summed E-state index contributed by atoms with van der Waals surface area (Å²) in [5.41, 5.74) is 0.189. The van der Waals surface area contributed by atoms with Crippen LogP contribution < -0.4 is 14.2 Å². The highest BCUT2D eigenvalue weighted by molar-refractivity contribution is 7.92. The van der Waals surface area contributed by atoms with Crippen molar-refractivity contribution in [2.75, 3.05) is 18.9 Å². The highest BCUT2D eigenvalue weighted by atomic mass is 32.2. The molecule has 0 aliphatic rings. The van der Waals surface area contributed by atoms with Crippen molar-refractivity contribution in [1.82, 2.24) is 0 Å². The van der Waals surface area contributed by atoms with E-state index in [2.05, 4.69) is 4.72 Å². The lowest BCUT2D eigenvalue weighted by Crippen LogP contribution is -2.15. The third-order valence-corrected chi connectivity index (χ3v) is 4.77. The van der Waals surface area contributed by atoms with Crippen molar-refractivity contribution in [1.29, 1.82) is 0 Å². The lowest BCUT2D eigenvalue weighted by atomic mass is 10.2. The molecule has 2 aromatic carbocycles. The first kappa shape index (κ1) is 18.5. The number of benzene rings is 2. The largest absolute Gasteiger partial charge is 0.493 e. The second kappa shape index (κ2) is 6.98. The van der Waals surface area contributed by atoms with Gasteiger partial charge in [-0.3, -0.25) is 4.72 Å². The van der Waals surface area contributed by atoms with E-state index >= 15 is 0 Å². The van der Waals surface area contributed by atoms with Gasteiger partial charge in [0.05, 0.1) is 24.8 Å². The maximum atomic E-state index is 13.2. The molecule has 0 atom stereocenters. The van der Waals surface area contributed by atoms with Gasteiger partial charge in [-0.1, -0.05) is 0 Å². The summed E-state index contributed by atoms with van der Waals surface area (Å²) in [7, 11) is -1.62. The van der Waals surface area contributed by atoms with Crippen LogP contribution in [0.2, 0.25) is 0 Å². The van der Waals surface area contributed by atoms with Crippen molar-refractivity contribution in [3.8, 4) is 11.5 Å². The molecule has 0 amide bonds. The van der Waals surface area contributed by atoms with Crippen molar-refractivity contribution in [3.05, 3.63) is 47.3 Å². The maximum Gasteiger partial charge on any atom is 0.339 e. The van der Waals surface area contributed by atoms with Gasteiger partial charge in [-0.25, -0.2) is 17.6 Å². The molecule has 2 N–H and O–H groups in total. The Labute approximate surface area is 144 Å². The quantitative estimate of drug-likeness (QED) is 0.812. The fraction of sp³-hybridized carbons (Fsp3) is 0.188. The normalized spacial score (nSPS) is 11.0. The van der Waals surface area contributed by atoms with Crippen LogP contribution in [0.5, 0.6) is 11.5 Å². The zero-order chi connectivity index (χ0) is 18.8. The number of sulfonamides is 1. The smallest absolute Gasteiger partial charge is 0.339 e. The third kappa shape index (κ3) is 3.82. The Morgan fingerprint density at radius 1 is 1.16 bits per heavy atom. The van der Waals surface area contributed by atoms with Gasteiger partial charge in [0, 0.05) is 6.07 Å². The summed E-state index contributed by atoms with van der Waals surface area (Å²) < 4.78 is 50.6. The second-order valence-corrected chi connectivity index (χ2v) is 6.76. The third-order valence-electron chi connectivity index (χ3n) is 3.43. The molecule has 0 heterocycles. The molecule has 2 aromatic rings. The van der Waals surface area contributed by atoms with E-state index in [9.17, 15) is 22.7 Å². The molecule has 0 aromatic heterocycles. The summed E-state index contributed by atoms with van der Waals surface area (Å²) in [5.74, 6) is -2.00. The number of hydrogen-bond acceptors (Lipinski definition) is 5. The van der Waals surface area contributed by atoms with E-state index < -0.39 is 21.8 Å². The highest BCUT2D eigenvalue weighted by Crippen LogP contribution is 2.35. The van der Waals surface area contributed by atoms with Gasteiger partial charge in [-0.15, -0.1) is 0 Å². The zero-order valence-electron chi connectivity index (χ0n) is 13.7. The molecule has 0 unspecified atom stereocenters. The summed E-state index contributed by atoms with van der Waals surface area (Å²) in [5, 5.41) is 9.28. The molecular formula is C16H16FNO6S. The minimum absolute atomic E-state index is 0.0430. The van der Waals surface area contributed by atoms with Crippen LogP contribution in [0, 0.1) is 12.7 Å². The first-order chi connectivity index (χ1) is 11.7. The zero-order valence-corrected chi connectivity index (χ0v) is 14.5. The fourth-order valence-corrected chi connectivity index (χ4v) is 3.37. The molecule has 0 aliphatic heterocycles. The van der Waals surface area contributed by atoms with Crippen LogP contribution in [0.1, 0.15) is 15.9 Å². The average Bonchev–Trinajstić information content (AvgIpc) is 2.55. The predicted octanol–water partition coefficient (Wildman–Crippen LogP) is 2.65. The molecule has 0 fully saturated rings. The number of carbonyl (C=O) groups is 1. The predicted molar refractivity (Wildman–Crippen MR) is 88.5 cm³/mol. The molecule has 0 bridgehead atoms. The van der Waals surface area contributed by atoms with Crippen molar-refractivity contribution in [2.45, 2.75) is 11.8 Å². The molecule has 0 spiro atoms. The Hall–Kier alpha value is -2.81. The Morgan fingerprint density at radius 2 is 1.84 bits per heavy atom. The highest BCUT2D eigenvalue weighted by Gasteiger charge is 2.24. The van der Waals surface area contributed by atoms with Gasteiger partial charge in [0.15, 0.2) is 11.5 Å². The molecular weight excluding hydrogens is 353 g/mol. The van der Waals surface area contributed by atoms with Crippen LogP contribution in [0.4, 0.5) is 10.1 Å². The Kier molecular flexibility index (Phi) is 5.17. The van der Waals surface area contributed by atoms with Gasteiger partial charge >= 0.3 is 5.97 Å². The fourth-order valence-electron chi connectivity index (χ4n) is 2.20. The molecule has 0 saturated carbocycles. The van der Waals surface area contributed by atoms with Gasteiger partial charge in [-0.2, -0.15) is 0 Å². The van der Waals surface area contributed by atoms with Crippen molar-refractivity contribution >= 4 is 21.7 Å². The van der Waals surface area contributed by atoms with E-state index in [1.165, 1.54) is 33.3 Å². The first-order valence-corrected chi connectivity index (χ1v) is 8.46. The number of halogens is 1. The first-order valence-electron chi connectivity index (χ1n) is 6.98. The summed E-state index contributed by atoms with van der Waals surface area (Å²) in [4.78, 5) is 11.1. The van der Waals surface area contributed by atoms with Crippen molar-refractivity contribution in [3.63, 3.8) is 0 Å². The van der Waals surface area contributed by atoms with E-state index in [-0.39, 0.29) is 27.6 Å². The molecule has 2 rings (SSSR count). The topological polar surface area (TPSA) is 102 Å². The molecule has 9 heteroatoms. The van der Waals surface area contributed by atoms with Crippen LogP contribution in [-0.2, 0) is 10.0 Å². The van der Waals surface area contributed by atoms with E-state index in [4.69, 9.17) is 9.47 Å². The number of ether oxygens (including phenoxy) is 2. The number of rotatable bonds is 6. The number of hydrogen-bond donors (Lipinski definition) is 2. The average molecular weight is 369 g/mol. The van der Waals surface area contributed by atoms with E-state index in [1.807, 2.05) is 0 Å². The van der Waals surface area contributed by atoms with Crippen LogP contribution in [-0.4, -0.2) is 33.7 Å². The summed E-state index contributed by atoms with van der Waals surface area (Å²) >= 11 is 0. The standard InChI is InChI=1S/C16H16FNO6S/c1-9-6-10(17)4-5-13(9)18-25(21,22)11-7-12(16(19)20)15(24-3)14(8-11)23-2/h4-8,18H,1-3H3,(H,19,20). The number of carboxylic acid groups (broad SMARTS) is 1. The molecule has 25 heavy (non-hydrogen) atoms. The van der Waals surface area contributed by atoms with Gasteiger partial charge in [-0.05, 0) is 36.8 Å². The molecule has 0 radical (unpaired) electrons. The summed E-state index contributed by atoms with van der Waals surface area (Å²) in [6.45, 7) is 1.54. The van der Waals surface area contributed by atoms with Crippen LogP contribution in [0.3, 0.4) is 0 Å². The van der Waals surface area contributed by atoms with Crippen LogP contribution in [0.25, 0.3) is 0 Å². The molecule has 0 saturated heterocycles. The maximum absolute atomic E-state index is 13.2. The van der Waals surface area contributed by atoms with Crippen molar-refractivity contribution < 1.29 is 32.2 Å². The number of methoxy groups -OCH3 is 2. The lowest BCUT2D eigenvalue weighted by Gasteiger charge is -2.15. The summed E-state index contributed by atoms with van der Waals surface area (Å²) in [6.07, 6.45) is 0. The molecule has 134 valence electrons. The van der Waals surface area contributed by atoms with E-state index in [1.54, 1.807) is 0 Å². The van der Waals surface area contributed by atoms with Gasteiger partial charge in [0.2, 0.25) is 0 Å². The lowest BCUT2D eigenvalue weighted by molar-refractivity contribution is 0.0692.